The Kier molecular flexibility index (Phi) is 12.8. The number of hydrogen-bond donors (Lipinski definition) is 2. The minimum atomic E-state index is -7.23. The fourth-order valence-electron chi connectivity index (χ4n) is 3.71. The van der Waals surface area contributed by atoms with E-state index in [2.05, 4.69) is 4.74 Å². The van der Waals surface area contributed by atoms with Crippen molar-refractivity contribution < 1.29 is 81.6 Å². The Hall–Kier alpha value is -3.94. The van der Waals surface area contributed by atoms with Crippen LogP contribution >= 0.6 is 0 Å². The van der Waals surface area contributed by atoms with Gasteiger partial charge in [-0.05, 0) is 36.8 Å². The van der Waals surface area contributed by atoms with E-state index in [1.807, 2.05) is 5.32 Å². The second-order valence-corrected chi connectivity index (χ2v) is 9.45. The molecule has 0 aromatic heterocycles. The average Bonchev–Trinajstić information content (AvgIpc) is 2.95. The number of carboxylic acid groups (broad SMARTS) is 1. The van der Waals surface area contributed by atoms with Crippen molar-refractivity contribution in [3.63, 3.8) is 0 Å². The Morgan fingerprint density at radius 3 is 1.94 bits per heavy atom. The minimum absolute atomic E-state index is 0.0324. The van der Waals surface area contributed by atoms with E-state index < -0.39 is 86.0 Å². The number of nitrogens with zero attached hydrogens (tertiary/aromatic N) is 1. The number of alkyl halides is 12. The smallest absolute Gasteiger partial charge is 0.460 e. The van der Waals surface area contributed by atoms with Crippen LogP contribution in [0.2, 0.25) is 0 Å². The molecule has 0 aliphatic heterocycles. The summed E-state index contributed by atoms with van der Waals surface area (Å²) in [6, 6.07) is 7.53. The van der Waals surface area contributed by atoms with Crippen molar-refractivity contribution in [1.82, 2.24) is 4.90 Å². The maximum absolute atomic E-state index is 13.8. The second-order valence-electron chi connectivity index (χ2n) is 9.45. The molecule has 1 unspecified atom stereocenters. The number of carbonyl (C=O) groups excluding carboxylic acids is 1. The fourth-order valence-corrected chi connectivity index (χ4v) is 3.71. The SMILES string of the molecule is CCOC(Cc1ccc(OCCN(CCOC(F)(F)C(F)(F)C(F)(F)C(F)(F)F)C(=O)Nc2ccccc2C(F)(F)F)cc1)C(=O)O. The number of halogens is 12. The summed E-state index contributed by atoms with van der Waals surface area (Å²) in [6.45, 7) is -2.57. The van der Waals surface area contributed by atoms with E-state index in [0.29, 0.717) is 16.5 Å². The lowest BCUT2D eigenvalue weighted by Crippen LogP contribution is -2.62. The summed E-state index contributed by atoms with van der Waals surface area (Å²) in [4.78, 5) is 24.4. The van der Waals surface area contributed by atoms with E-state index in [1.54, 1.807) is 6.92 Å². The summed E-state index contributed by atoms with van der Waals surface area (Å²) < 4.78 is 172. The number of aliphatic carboxylic acids is 1. The monoisotopic (exact) mass is 702 g/mol. The highest BCUT2D eigenvalue weighted by molar-refractivity contribution is 5.90. The van der Waals surface area contributed by atoms with Crippen LogP contribution in [0.15, 0.2) is 48.5 Å². The van der Waals surface area contributed by atoms with Crippen LogP contribution in [0.5, 0.6) is 5.75 Å². The zero-order valence-corrected chi connectivity index (χ0v) is 23.9. The van der Waals surface area contributed by atoms with Crippen LogP contribution in [0.25, 0.3) is 0 Å². The number of ether oxygens (including phenoxy) is 3. The first kappa shape index (κ1) is 39.2. The largest absolute Gasteiger partial charge is 0.492 e. The van der Waals surface area contributed by atoms with Crippen LogP contribution in [0.3, 0.4) is 0 Å². The topological polar surface area (TPSA) is 97.3 Å². The van der Waals surface area contributed by atoms with E-state index in [1.165, 1.54) is 24.3 Å². The van der Waals surface area contributed by atoms with Gasteiger partial charge in [-0.2, -0.15) is 52.7 Å². The van der Waals surface area contributed by atoms with Gasteiger partial charge in [0.1, 0.15) is 12.4 Å². The van der Waals surface area contributed by atoms with Gasteiger partial charge < -0.3 is 29.5 Å². The molecule has 2 amide bonds. The molecule has 20 heteroatoms. The highest BCUT2D eigenvalue weighted by Gasteiger charge is 2.82. The normalized spacial score (nSPS) is 13.6. The van der Waals surface area contributed by atoms with Gasteiger partial charge in [-0.1, -0.05) is 24.3 Å². The molecule has 8 nitrogen and oxygen atoms in total. The molecule has 1 atom stereocenters. The lowest BCUT2D eigenvalue weighted by molar-refractivity contribution is -0.443. The highest BCUT2D eigenvalue weighted by atomic mass is 19.4. The molecule has 264 valence electrons. The van der Waals surface area contributed by atoms with Crippen LogP contribution in [-0.4, -0.2) is 85.2 Å². The number of carbonyl (C=O) groups is 2. The summed E-state index contributed by atoms with van der Waals surface area (Å²) in [5, 5.41) is 11.0. The average molecular weight is 702 g/mol. The van der Waals surface area contributed by atoms with E-state index in [4.69, 9.17) is 9.47 Å². The Balaban J connectivity index is 2.19. The third kappa shape index (κ3) is 10.0. The van der Waals surface area contributed by atoms with Gasteiger partial charge in [0.15, 0.2) is 6.10 Å². The van der Waals surface area contributed by atoms with Crippen LogP contribution in [0, 0.1) is 0 Å². The van der Waals surface area contributed by atoms with Crippen LogP contribution in [0.4, 0.5) is 63.2 Å². The van der Waals surface area contributed by atoms with Crippen molar-refractivity contribution in [2.75, 3.05) is 38.2 Å². The molecule has 0 fully saturated rings. The Labute approximate surface area is 258 Å². The van der Waals surface area contributed by atoms with Crippen LogP contribution < -0.4 is 10.1 Å². The highest BCUT2D eigenvalue weighted by Crippen LogP contribution is 2.53. The number of benzene rings is 2. The van der Waals surface area contributed by atoms with Crippen molar-refractivity contribution >= 4 is 17.7 Å². The first-order valence-corrected chi connectivity index (χ1v) is 13.2. The standard InChI is InChI=1S/C27H26F12N2O6/c1-2-45-20(21(42)43)15-16-7-9-17(10-8-16)46-13-11-41(22(44)40-19-6-4-3-5-18(19)23(28,29)30)12-14-47-27(38,39)25(33,34)24(31,32)26(35,36)37/h3-10,20H,2,11-15H2,1H3,(H,40,44)(H,42,43). The first-order valence-electron chi connectivity index (χ1n) is 13.2. The van der Waals surface area contributed by atoms with E-state index >= 15 is 0 Å². The maximum Gasteiger partial charge on any atom is 0.460 e. The molecule has 2 rings (SSSR count). The molecule has 0 aliphatic carbocycles. The van der Waals surface area contributed by atoms with Gasteiger partial charge in [0.05, 0.1) is 24.4 Å². The minimum Gasteiger partial charge on any atom is -0.492 e. The van der Waals surface area contributed by atoms with E-state index in [9.17, 15) is 67.4 Å². The number of para-hydroxylation sites is 1. The molecule has 0 saturated heterocycles. The van der Waals surface area contributed by atoms with Crippen molar-refractivity contribution in [1.29, 1.82) is 0 Å². The zero-order valence-electron chi connectivity index (χ0n) is 23.9. The van der Waals surface area contributed by atoms with Gasteiger partial charge in [0.2, 0.25) is 0 Å². The third-order valence-corrected chi connectivity index (χ3v) is 6.14. The molecule has 0 radical (unpaired) electrons. The molecule has 0 aliphatic rings. The predicted molar refractivity (Wildman–Crippen MR) is 138 cm³/mol. The fraction of sp³-hybridized carbons (Fsp3) is 0.481. The molecule has 0 saturated carbocycles. The van der Waals surface area contributed by atoms with Gasteiger partial charge in [0.25, 0.3) is 0 Å². The lowest BCUT2D eigenvalue weighted by Gasteiger charge is -2.33. The summed E-state index contributed by atoms with van der Waals surface area (Å²) >= 11 is 0. The molecule has 0 heterocycles. The lowest BCUT2D eigenvalue weighted by atomic mass is 10.1. The molecular formula is C27H26F12N2O6. The van der Waals surface area contributed by atoms with E-state index in [-0.39, 0.29) is 18.8 Å². The van der Waals surface area contributed by atoms with Gasteiger partial charge in [-0.15, -0.1) is 0 Å². The molecular weight excluding hydrogens is 676 g/mol. The number of nitrogens with one attached hydrogen (secondary N) is 1. The first-order chi connectivity index (χ1) is 21.5. The number of urea groups is 1. The van der Waals surface area contributed by atoms with Gasteiger partial charge in [-0.25, -0.2) is 9.59 Å². The third-order valence-electron chi connectivity index (χ3n) is 6.14. The van der Waals surface area contributed by atoms with Crippen molar-refractivity contribution in [2.45, 2.75) is 49.8 Å². The molecule has 2 aromatic rings. The summed E-state index contributed by atoms with van der Waals surface area (Å²) in [7, 11) is 0. The Morgan fingerprint density at radius 1 is 0.830 bits per heavy atom. The Bertz CT molecular complexity index is 1340. The quantitative estimate of drug-likeness (QED) is 0.182. The van der Waals surface area contributed by atoms with Crippen LogP contribution in [-0.2, 0) is 26.9 Å². The van der Waals surface area contributed by atoms with Crippen LogP contribution in [0.1, 0.15) is 18.1 Å². The molecule has 2 N–H and O–H groups in total. The number of rotatable bonds is 16. The second kappa shape index (κ2) is 15.3. The summed E-state index contributed by atoms with van der Waals surface area (Å²) in [6.07, 6.45) is -19.7. The number of anilines is 1. The summed E-state index contributed by atoms with van der Waals surface area (Å²) in [5.74, 6) is -15.5. The maximum atomic E-state index is 13.8. The van der Waals surface area contributed by atoms with Gasteiger partial charge in [-0.3, -0.25) is 0 Å². The molecule has 0 bridgehead atoms. The Morgan fingerprint density at radius 2 is 1.40 bits per heavy atom. The van der Waals surface area contributed by atoms with E-state index in [0.717, 1.165) is 18.2 Å². The number of amides is 2. The van der Waals surface area contributed by atoms with Gasteiger partial charge in [0, 0.05) is 19.6 Å². The zero-order chi connectivity index (χ0) is 35.8. The number of hydrogen-bond acceptors (Lipinski definition) is 5. The molecule has 47 heavy (non-hydrogen) atoms. The van der Waals surface area contributed by atoms with Crippen molar-refractivity contribution in [3.05, 3.63) is 59.7 Å². The summed E-state index contributed by atoms with van der Waals surface area (Å²) in [5.41, 5.74) is -1.69. The number of carboxylic acids is 1. The molecule has 0 spiro atoms. The van der Waals surface area contributed by atoms with Gasteiger partial charge >= 0.3 is 42.3 Å². The van der Waals surface area contributed by atoms with Crippen molar-refractivity contribution in [3.8, 4) is 5.75 Å². The predicted octanol–water partition coefficient (Wildman–Crippen LogP) is 7.09. The van der Waals surface area contributed by atoms with Crippen molar-refractivity contribution in [2.24, 2.45) is 0 Å². The molecule has 2 aromatic carbocycles.